The monoisotopic (exact) mass is 265 g/mol. The van der Waals surface area contributed by atoms with Crippen LogP contribution in [0.4, 0.5) is 0 Å². The Morgan fingerprint density at radius 2 is 1.95 bits per heavy atom. The van der Waals surface area contributed by atoms with E-state index in [0.29, 0.717) is 6.54 Å². The van der Waals surface area contributed by atoms with Crippen LogP contribution >= 0.6 is 0 Å². The van der Waals surface area contributed by atoms with E-state index in [0.717, 1.165) is 18.2 Å². The highest BCUT2D eigenvalue weighted by atomic mass is 16.5. The van der Waals surface area contributed by atoms with Crippen molar-refractivity contribution in [3.05, 3.63) is 42.5 Å². The Morgan fingerprint density at radius 1 is 1.37 bits per heavy atom. The summed E-state index contributed by atoms with van der Waals surface area (Å²) < 4.78 is 9.66. The molecule has 0 amide bonds. The average molecular weight is 265 g/mol. The maximum absolute atomic E-state index is 10.3. The molecular weight excluding hydrogens is 242 g/mol. The summed E-state index contributed by atoms with van der Waals surface area (Å²) in [6.45, 7) is 7.53. The van der Waals surface area contributed by atoms with Gasteiger partial charge in [0.05, 0.1) is 13.2 Å². The zero-order valence-electron chi connectivity index (χ0n) is 11.9. The van der Waals surface area contributed by atoms with E-state index >= 15 is 0 Å². The van der Waals surface area contributed by atoms with Crippen molar-refractivity contribution < 1.29 is 14.3 Å². The first-order valence-corrected chi connectivity index (χ1v) is 6.19. The number of benzene rings is 1. The lowest BCUT2D eigenvalue weighted by Gasteiger charge is -2.02. The van der Waals surface area contributed by atoms with E-state index in [4.69, 9.17) is 10.5 Å². The van der Waals surface area contributed by atoms with Crippen LogP contribution in [0.25, 0.3) is 0 Å². The summed E-state index contributed by atoms with van der Waals surface area (Å²) in [5, 5.41) is 0. The van der Waals surface area contributed by atoms with E-state index in [9.17, 15) is 4.79 Å². The maximum atomic E-state index is 10.3. The first kappa shape index (κ1) is 17.2. The van der Waals surface area contributed by atoms with Crippen LogP contribution in [0.15, 0.2) is 36.9 Å². The number of carbonyl (C=O) groups is 1. The van der Waals surface area contributed by atoms with Crippen molar-refractivity contribution in [3.63, 3.8) is 0 Å². The van der Waals surface area contributed by atoms with Gasteiger partial charge in [0.1, 0.15) is 5.75 Å². The van der Waals surface area contributed by atoms with E-state index in [1.54, 1.807) is 21.0 Å². The Morgan fingerprint density at radius 3 is 2.26 bits per heavy atom. The van der Waals surface area contributed by atoms with Gasteiger partial charge in [-0.2, -0.15) is 0 Å². The minimum absolute atomic E-state index is 0.0412. The van der Waals surface area contributed by atoms with Gasteiger partial charge in [-0.25, -0.2) is 4.79 Å². The summed E-state index contributed by atoms with van der Waals surface area (Å²) in [6.07, 6.45) is 2.05. The average Bonchev–Trinajstić information content (AvgIpc) is 2.40. The van der Waals surface area contributed by atoms with Crippen LogP contribution < -0.4 is 10.5 Å². The number of nitrogens with two attached hydrogens (primary N) is 1. The predicted octanol–water partition coefficient (Wildman–Crippen LogP) is 2.32. The van der Waals surface area contributed by atoms with Crippen molar-refractivity contribution in [1.29, 1.82) is 0 Å². The Bertz CT molecular complexity index is 371. The summed E-state index contributed by atoms with van der Waals surface area (Å²) in [5.41, 5.74) is 6.66. The lowest BCUT2D eigenvalue weighted by Crippen LogP contribution is -2.07. The Labute approximate surface area is 115 Å². The summed E-state index contributed by atoms with van der Waals surface area (Å²) >= 11 is 0. The molecule has 0 bridgehead atoms. The maximum Gasteiger partial charge on any atom is 0.330 e. The van der Waals surface area contributed by atoms with Crippen LogP contribution in [0, 0.1) is 0 Å². The minimum atomic E-state index is -0.361. The van der Waals surface area contributed by atoms with Gasteiger partial charge in [0.2, 0.25) is 0 Å². The van der Waals surface area contributed by atoms with Crippen molar-refractivity contribution in [2.75, 3.05) is 13.7 Å². The third kappa shape index (κ3) is 8.85. The Hall–Kier alpha value is -1.81. The molecule has 19 heavy (non-hydrogen) atoms. The highest BCUT2D eigenvalue weighted by molar-refractivity contribution is 5.81. The zero-order valence-corrected chi connectivity index (χ0v) is 11.9. The van der Waals surface area contributed by atoms with Gasteiger partial charge >= 0.3 is 5.97 Å². The number of esters is 1. The highest BCUT2D eigenvalue weighted by Crippen LogP contribution is 2.10. The third-order valence-corrected chi connectivity index (χ3v) is 2.11. The molecule has 0 aromatic heterocycles. The van der Waals surface area contributed by atoms with Crippen molar-refractivity contribution in [1.82, 2.24) is 0 Å². The van der Waals surface area contributed by atoms with Crippen molar-refractivity contribution >= 4 is 5.97 Å². The van der Waals surface area contributed by atoms with Gasteiger partial charge in [0.25, 0.3) is 0 Å². The molecule has 0 fully saturated rings. The van der Waals surface area contributed by atoms with Crippen LogP contribution in [0.1, 0.15) is 19.4 Å². The molecular formula is C15H23NO3. The SMILES string of the molecule is C=CC(=O)OC(C)C.COc1ccc(CCN)cc1. The van der Waals surface area contributed by atoms with Gasteiger partial charge in [-0.05, 0) is 44.5 Å². The molecule has 4 heteroatoms. The normalized spacial score (nSPS) is 9.32. The van der Waals surface area contributed by atoms with Gasteiger partial charge < -0.3 is 15.2 Å². The third-order valence-electron chi connectivity index (χ3n) is 2.11. The second-order valence-electron chi connectivity index (χ2n) is 4.08. The van der Waals surface area contributed by atoms with Crippen LogP contribution in [0.5, 0.6) is 5.75 Å². The van der Waals surface area contributed by atoms with Crippen LogP contribution in [0.2, 0.25) is 0 Å². The molecule has 0 heterocycles. The number of carbonyl (C=O) groups excluding carboxylic acids is 1. The molecule has 106 valence electrons. The molecule has 0 atom stereocenters. The number of hydrogen-bond donors (Lipinski definition) is 1. The molecule has 0 spiro atoms. The molecule has 1 aromatic carbocycles. The second kappa shape index (κ2) is 10.1. The smallest absolute Gasteiger partial charge is 0.330 e. The molecule has 1 aromatic rings. The standard InChI is InChI=1S/C9H13NO.C6H10O2/c1-11-9-4-2-8(3-5-9)6-7-10;1-4-6(7)8-5(2)3/h2-5H,6-7,10H2,1H3;4-5H,1H2,2-3H3. The molecule has 2 N–H and O–H groups in total. The molecule has 0 aliphatic rings. The molecule has 0 aliphatic carbocycles. The van der Waals surface area contributed by atoms with Crippen molar-refractivity contribution in [2.24, 2.45) is 5.73 Å². The minimum Gasteiger partial charge on any atom is -0.497 e. The topological polar surface area (TPSA) is 61.5 Å². The number of rotatable bonds is 5. The molecule has 0 radical (unpaired) electrons. The van der Waals surface area contributed by atoms with Gasteiger partial charge in [-0.1, -0.05) is 18.7 Å². The van der Waals surface area contributed by atoms with E-state index in [1.165, 1.54) is 5.56 Å². The van der Waals surface area contributed by atoms with E-state index in [1.807, 2.05) is 24.3 Å². The summed E-state index contributed by atoms with van der Waals surface area (Å²) in [7, 11) is 1.66. The first-order chi connectivity index (χ1) is 9.03. The summed E-state index contributed by atoms with van der Waals surface area (Å²) in [4.78, 5) is 10.3. The largest absolute Gasteiger partial charge is 0.497 e. The van der Waals surface area contributed by atoms with Crippen molar-refractivity contribution in [2.45, 2.75) is 26.4 Å². The van der Waals surface area contributed by atoms with Gasteiger partial charge in [0.15, 0.2) is 0 Å². The molecule has 0 saturated carbocycles. The fourth-order valence-electron chi connectivity index (χ4n) is 1.24. The number of hydrogen-bond acceptors (Lipinski definition) is 4. The quantitative estimate of drug-likeness (QED) is 0.655. The van der Waals surface area contributed by atoms with Crippen LogP contribution in [0.3, 0.4) is 0 Å². The summed E-state index contributed by atoms with van der Waals surface area (Å²) in [6, 6.07) is 7.97. The van der Waals surface area contributed by atoms with E-state index in [2.05, 4.69) is 11.3 Å². The van der Waals surface area contributed by atoms with Crippen LogP contribution in [-0.4, -0.2) is 25.7 Å². The van der Waals surface area contributed by atoms with Gasteiger partial charge in [0, 0.05) is 6.08 Å². The van der Waals surface area contributed by atoms with Gasteiger partial charge in [-0.15, -0.1) is 0 Å². The molecule has 1 rings (SSSR count). The van der Waals surface area contributed by atoms with E-state index in [-0.39, 0.29) is 12.1 Å². The van der Waals surface area contributed by atoms with Crippen molar-refractivity contribution in [3.8, 4) is 5.75 Å². The van der Waals surface area contributed by atoms with Crippen LogP contribution in [-0.2, 0) is 16.0 Å². The fraction of sp³-hybridized carbons (Fsp3) is 0.400. The van der Waals surface area contributed by atoms with E-state index < -0.39 is 0 Å². The summed E-state index contributed by atoms with van der Waals surface area (Å²) in [5.74, 6) is 0.533. The predicted molar refractivity (Wildman–Crippen MR) is 77.2 cm³/mol. The first-order valence-electron chi connectivity index (χ1n) is 6.19. The Kier molecular flexibility index (Phi) is 9.18. The fourth-order valence-corrected chi connectivity index (χ4v) is 1.24. The number of ether oxygens (including phenoxy) is 2. The second-order valence-corrected chi connectivity index (χ2v) is 4.08. The zero-order chi connectivity index (χ0) is 14.7. The molecule has 0 saturated heterocycles. The highest BCUT2D eigenvalue weighted by Gasteiger charge is 1.96. The lowest BCUT2D eigenvalue weighted by atomic mass is 10.1. The molecule has 0 unspecified atom stereocenters. The molecule has 4 nitrogen and oxygen atoms in total. The molecule has 0 aliphatic heterocycles. The number of methoxy groups -OCH3 is 1. The lowest BCUT2D eigenvalue weighted by molar-refractivity contribution is -0.141. The van der Waals surface area contributed by atoms with Gasteiger partial charge in [-0.3, -0.25) is 0 Å². The Balaban J connectivity index is 0.000000362.